The molecule has 1 aliphatic rings. The lowest BCUT2D eigenvalue weighted by Gasteiger charge is -2.37. The summed E-state index contributed by atoms with van der Waals surface area (Å²) >= 11 is 6.20. The first-order chi connectivity index (χ1) is 8.24. The number of piperidine rings is 1. The fraction of sp³-hybridized carbons (Fsp3) is 0.667. The van der Waals surface area contributed by atoms with E-state index in [9.17, 15) is 0 Å². The fourth-order valence-electron chi connectivity index (χ4n) is 2.49. The molecule has 1 aliphatic heterocycles. The maximum absolute atomic E-state index is 6.20. The first-order valence-electron chi connectivity index (χ1n) is 6.26. The highest BCUT2D eigenvalue weighted by Gasteiger charge is 2.25. The first-order valence-corrected chi connectivity index (χ1v) is 6.64. The summed E-state index contributed by atoms with van der Waals surface area (Å²) < 4.78 is 0. The van der Waals surface area contributed by atoms with Gasteiger partial charge in [0.05, 0.1) is 0 Å². The van der Waals surface area contributed by atoms with Crippen LogP contribution in [0, 0.1) is 0 Å². The van der Waals surface area contributed by atoms with Crippen molar-refractivity contribution in [3.05, 3.63) is 11.3 Å². The van der Waals surface area contributed by atoms with Gasteiger partial charge in [-0.15, -0.1) is 0 Å². The predicted octanol–water partition coefficient (Wildman–Crippen LogP) is 2.87. The highest BCUT2D eigenvalue weighted by atomic mass is 35.5. The van der Waals surface area contributed by atoms with Gasteiger partial charge in [-0.05, 0) is 25.7 Å². The van der Waals surface area contributed by atoms with Crippen LogP contribution >= 0.6 is 11.6 Å². The summed E-state index contributed by atoms with van der Waals surface area (Å²) in [6.45, 7) is 3.23. The molecule has 0 spiro atoms. The zero-order chi connectivity index (χ0) is 12.3. The summed E-state index contributed by atoms with van der Waals surface area (Å²) in [4.78, 5) is 10.5. The van der Waals surface area contributed by atoms with Crippen LogP contribution in [0.2, 0.25) is 5.02 Å². The molecule has 2 rings (SSSR count). The molecule has 2 heterocycles. The first kappa shape index (κ1) is 12.4. The Balaban J connectivity index is 2.26. The Bertz CT molecular complexity index is 381. The van der Waals surface area contributed by atoms with E-state index < -0.39 is 0 Å². The van der Waals surface area contributed by atoms with E-state index in [2.05, 4.69) is 21.8 Å². The predicted molar refractivity (Wildman–Crippen MR) is 71.3 cm³/mol. The van der Waals surface area contributed by atoms with Crippen molar-refractivity contribution in [2.24, 2.45) is 0 Å². The third-order valence-corrected chi connectivity index (χ3v) is 3.68. The van der Waals surface area contributed by atoms with E-state index in [0.29, 0.717) is 16.9 Å². The number of nitrogens with two attached hydrogens (primary N) is 1. The number of hydrogen-bond acceptors (Lipinski definition) is 4. The van der Waals surface area contributed by atoms with Crippen molar-refractivity contribution in [3.63, 3.8) is 0 Å². The van der Waals surface area contributed by atoms with Gasteiger partial charge < -0.3 is 10.6 Å². The van der Waals surface area contributed by atoms with Crippen LogP contribution in [0.25, 0.3) is 0 Å². The summed E-state index contributed by atoms with van der Waals surface area (Å²) in [5.74, 6) is 1.18. The molecule has 1 atom stereocenters. The van der Waals surface area contributed by atoms with Crippen molar-refractivity contribution in [1.29, 1.82) is 0 Å². The highest BCUT2D eigenvalue weighted by molar-refractivity contribution is 6.35. The topological polar surface area (TPSA) is 55.0 Å². The molecule has 0 aromatic carbocycles. The van der Waals surface area contributed by atoms with Crippen molar-refractivity contribution in [2.45, 2.75) is 45.1 Å². The number of nitrogens with zero attached hydrogens (tertiary/aromatic N) is 3. The minimum atomic E-state index is 0.373. The monoisotopic (exact) mass is 254 g/mol. The SMILES string of the molecule is CCCC1CCCCN1c1ncnc(N)c1Cl. The molecule has 1 unspecified atom stereocenters. The number of halogens is 1. The van der Waals surface area contributed by atoms with Gasteiger partial charge in [-0.1, -0.05) is 24.9 Å². The molecule has 94 valence electrons. The van der Waals surface area contributed by atoms with Crippen molar-refractivity contribution in [2.75, 3.05) is 17.2 Å². The average molecular weight is 255 g/mol. The Morgan fingerprint density at radius 3 is 3.06 bits per heavy atom. The highest BCUT2D eigenvalue weighted by Crippen LogP contribution is 2.32. The van der Waals surface area contributed by atoms with Gasteiger partial charge >= 0.3 is 0 Å². The van der Waals surface area contributed by atoms with Crippen LogP contribution in [-0.2, 0) is 0 Å². The van der Waals surface area contributed by atoms with E-state index in [4.69, 9.17) is 17.3 Å². The average Bonchev–Trinajstić information content (AvgIpc) is 2.34. The molecular weight excluding hydrogens is 236 g/mol. The molecule has 0 aliphatic carbocycles. The normalized spacial score (nSPS) is 20.6. The molecule has 5 heteroatoms. The van der Waals surface area contributed by atoms with E-state index in [1.807, 2.05) is 0 Å². The number of anilines is 2. The zero-order valence-electron chi connectivity index (χ0n) is 10.2. The molecule has 17 heavy (non-hydrogen) atoms. The Morgan fingerprint density at radius 1 is 1.47 bits per heavy atom. The van der Waals surface area contributed by atoms with Crippen LogP contribution < -0.4 is 10.6 Å². The molecule has 0 radical (unpaired) electrons. The van der Waals surface area contributed by atoms with E-state index in [0.717, 1.165) is 12.4 Å². The minimum absolute atomic E-state index is 0.373. The standard InChI is InChI=1S/C12H19ClN4/c1-2-5-9-6-3-4-7-17(9)12-10(13)11(14)15-8-16-12/h8-9H,2-7H2,1H3,(H2,14,15,16). The summed E-state index contributed by atoms with van der Waals surface area (Å²) in [5.41, 5.74) is 5.74. The molecular formula is C12H19ClN4. The Labute approximate surface area is 107 Å². The van der Waals surface area contributed by atoms with Gasteiger partial charge in [-0.3, -0.25) is 0 Å². The maximum atomic E-state index is 6.20. The Kier molecular flexibility index (Phi) is 4.05. The lowest BCUT2D eigenvalue weighted by Crippen LogP contribution is -2.40. The van der Waals surface area contributed by atoms with Crippen LogP contribution in [0.15, 0.2) is 6.33 Å². The second-order valence-electron chi connectivity index (χ2n) is 4.53. The van der Waals surface area contributed by atoms with Gasteiger partial charge in [0, 0.05) is 12.6 Å². The van der Waals surface area contributed by atoms with Crippen molar-refractivity contribution in [3.8, 4) is 0 Å². The van der Waals surface area contributed by atoms with Crippen molar-refractivity contribution >= 4 is 23.2 Å². The molecule has 0 saturated carbocycles. The fourth-order valence-corrected chi connectivity index (χ4v) is 2.69. The summed E-state index contributed by atoms with van der Waals surface area (Å²) in [6, 6.07) is 0.542. The minimum Gasteiger partial charge on any atom is -0.382 e. The van der Waals surface area contributed by atoms with Crippen LogP contribution in [0.5, 0.6) is 0 Å². The van der Waals surface area contributed by atoms with Crippen molar-refractivity contribution in [1.82, 2.24) is 9.97 Å². The second-order valence-corrected chi connectivity index (χ2v) is 4.91. The Morgan fingerprint density at radius 2 is 2.29 bits per heavy atom. The molecule has 4 nitrogen and oxygen atoms in total. The number of rotatable bonds is 3. The van der Waals surface area contributed by atoms with E-state index in [1.165, 1.54) is 38.4 Å². The van der Waals surface area contributed by atoms with Crippen LogP contribution in [0.1, 0.15) is 39.0 Å². The van der Waals surface area contributed by atoms with Gasteiger partial charge in [0.2, 0.25) is 0 Å². The van der Waals surface area contributed by atoms with Crippen molar-refractivity contribution < 1.29 is 0 Å². The third-order valence-electron chi connectivity index (χ3n) is 3.32. The maximum Gasteiger partial charge on any atom is 0.153 e. The smallest absolute Gasteiger partial charge is 0.153 e. The summed E-state index contributed by atoms with van der Waals surface area (Å²) in [7, 11) is 0. The van der Waals surface area contributed by atoms with Crippen LogP contribution in [-0.4, -0.2) is 22.6 Å². The van der Waals surface area contributed by atoms with Gasteiger partial charge in [-0.2, -0.15) is 0 Å². The number of nitrogen functional groups attached to an aromatic ring is 1. The lowest BCUT2D eigenvalue weighted by molar-refractivity contribution is 0.432. The largest absolute Gasteiger partial charge is 0.382 e. The quantitative estimate of drug-likeness (QED) is 0.901. The van der Waals surface area contributed by atoms with Gasteiger partial charge in [0.1, 0.15) is 17.2 Å². The molecule has 1 fully saturated rings. The lowest BCUT2D eigenvalue weighted by atomic mass is 9.98. The van der Waals surface area contributed by atoms with E-state index in [-0.39, 0.29) is 0 Å². The van der Waals surface area contributed by atoms with Gasteiger partial charge in [-0.25, -0.2) is 9.97 Å². The molecule has 0 bridgehead atoms. The van der Waals surface area contributed by atoms with Gasteiger partial charge in [0.15, 0.2) is 5.82 Å². The van der Waals surface area contributed by atoms with E-state index >= 15 is 0 Å². The summed E-state index contributed by atoms with van der Waals surface area (Å²) in [5, 5.41) is 0.496. The number of hydrogen-bond donors (Lipinski definition) is 1. The molecule has 1 aromatic rings. The van der Waals surface area contributed by atoms with Crippen LogP contribution in [0.3, 0.4) is 0 Å². The molecule has 1 aromatic heterocycles. The molecule has 1 saturated heterocycles. The van der Waals surface area contributed by atoms with Crippen LogP contribution in [0.4, 0.5) is 11.6 Å². The third kappa shape index (κ3) is 2.63. The Hall–Kier alpha value is -1.03. The summed E-state index contributed by atoms with van der Waals surface area (Å²) in [6.07, 6.45) is 7.56. The molecule has 0 amide bonds. The molecule has 2 N–H and O–H groups in total. The zero-order valence-corrected chi connectivity index (χ0v) is 11.0. The number of aromatic nitrogens is 2. The van der Waals surface area contributed by atoms with E-state index in [1.54, 1.807) is 0 Å². The second kappa shape index (κ2) is 5.54. The van der Waals surface area contributed by atoms with Gasteiger partial charge in [0.25, 0.3) is 0 Å².